The Balaban J connectivity index is 1.58. The van der Waals surface area contributed by atoms with Crippen molar-refractivity contribution in [1.29, 1.82) is 0 Å². The number of nitrogens with zero attached hydrogens (tertiary/aromatic N) is 1. The molecule has 3 aromatic rings. The van der Waals surface area contributed by atoms with E-state index >= 15 is 0 Å². The largest absolute Gasteiger partial charge is 0.322 e. The molecule has 0 aromatic heterocycles. The van der Waals surface area contributed by atoms with Gasteiger partial charge >= 0.3 is 0 Å². The van der Waals surface area contributed by atoms with E-state index < -0.39 is 26.0 Å². The number of anilines is 2. The lowest BCUT2D eigenvalue weighted by Gasteiger charge is -2.17. The number of halogens is 3. The van der Waals surface area contributed by atoms with Gasteiger partial charge in [0.2, 0.25) is 10.0 Å². The van der Waals surface area contributed by atoms with E-state index in [0.29, 0.717) is 18.1 Å². The van der Waals surface area contributed by atoms with E-state index in [1.807, 2.05) is 0 Å². The Morgan fingerprint density at radius 3 is 2.00 bits per heavy atom. The molecule has 0 atom stereocenters. The molecule has 13 heteroatoms. The van der Waals surface area contributed by atoms with Gasteiger partial charge in [-0.25, -0.2) is 16.8 Å². The Kier molecular flexibility index (Phi) is 7.84. The lowest BCUT2D eigenvalue weighted by atomic mass is 10.2. The summed E-state index contributed by atoms with van der Waals surface area (Å²) in [4.78, 5) is 12.5. The molecule has 1 fully saturated rings. The lowest BCUT2D eigenvalue weighted by molar-refractivity contribution is 0.102. The fraction of sp³-hybridized carbons (Fsp3) is 0.174. The van der Waals surface area contributed by atoms with Crippen molar-refractivity contribution in [1.82, 2.24) is 4.31 Å². The second kappa shape index (κ2) is 10.6. The highest BCUT2D eigenvalue weighted by molar-refractivity contribution is 7.92. The molecule has 8 nitrogen and oxygen atoms in total. The molecule has 0 spiro atoms. The zero-order valence-electron chi connectivity index (χ0n) is 18.5. The van der Waals surface area contributed by atoms with E-state index in [0.717, 1.165) is 12.8 Å². The maximum atomic E-state index is 13.0. The summed E-state index contributed by atoms with van der Waals surface area (Å²) in [5.41, 5.74) is 0.452. The van der Waals surface area contributed by atoms with Gasteiger partial charge in [0, 0.05) is 35.1 Å². The Hall–Kier alpha value is -2.34. The molecule has 1 aliphatic rings. The van der Waals surface area contributed by atoms with Crippen molar-refractivity contribution in [2.75, 3.05) is 23.1 Å². The van der Waals surface area contributed by atoms with Crippen LogP contribution in [-0.4, -0.2) is 40.1 Å². The summed E-state index contributed by atoms with van der Waals surface area (Å²) in [5.74, 6) is -0.652. The molecular weight excluding hydrogens is 569 g/mol. The molecule has 1 amide bonds. The van der Waals surface area contributed by atoms with Crippen LogP contribution in [0.4, 0.5) is 11.4 Å². The molecule has 4 rings (SSSR count). The van der Waals surface area contributed by atoms with Gasteiger partial charge in [0.05, 0.1) is 10.0 Å². The van der Waals surface area contributed by atoms with E-state index in [-0.39, 0.29) is 36.8 Å². The van der Waals surface area contributed by atoms with Crippen molar-refractivity contribution < 1.29 is 21.6 Å². The van der Waals surface area contributed by atoms with Gasteiger partial charge < -0.3 is 5.32 Å². The van der Waals surface area contributed by atoms with Gasteiger partial charge in [0.15, 0.2) is 0 Å². The maximum Gasteiger partial charge on any atom is 0.263 e. The zero-order chi connectivity index (χ0) is 26.1. The van der Waals surface area contributed by atoms with Crippen LogP contribution in [0.15, 0.2) is 70.5 Å². The van der Waals surface area contributed by atoms with E-state index in [4.69, 9.17) is 34.8 Å². The summed E-state index contributed by atoms with van der Waals surface area (Å²) in [6.07, 6.45) is 1.51. The third-order valence-corrected chi connectivity index (χ3v) is 9.95. The van der Waals surface area contributed by atoms with Gasteiger partial charge in [-0.1, -0.05) is 34.8 Å². The number of nitrogens with one attached hydrogen (secondary N) is 2. The summed E-state index contributed by atoms with van der Waals surface area (Å²) in [6, 6.07) is 13.9. The van der Waals surface area contributed by atoms with Crippen molar-refractivity contribution in [2.24, 2.45) is 0 Å². The van der Waals surface area contributed by atoms with Crippen LogP contribution in [0.25, 0.3) is 0 Å². The normalized spacial score (nSPS) is 14.5. The van der Waals surface area contributed by atoms with E-state index in [9.17, 15) is 21.6 Å². The van der Waals surface area contributed by atoms with Crippen LogP contribution >= 0.6 is 34.8 Å². The number of hydrogen-bond donors (Lipinski definition) is 2. The molecule has 190 valence electrons. The number of hydrogen-bond acceptors (Lipinski definition) is 5. The van der Waals surface area contributed by atoms with Crippen LogP contribution in [-0.2, 0) is 20.0 Å². The molecule has 1 saturated heterocycles. The molecule has 0 unspecified atom stereocenters. The first-order chi connectivity index (χ1) is 17.0. The summed E-state index contributed by atoms with van der Waals surface area (Å²) in [7, 11) is -7.95. The predicted molar refractivity (Wildman–Crippen MR) is 141 cm³/mol. The smallest absolute Gasteiger partial charge is 0.263 e. The van der Waals surface area contributed by atoms with Crippen molar-refractivity contribution in [2.45, 2.75) is 22.6 Å². The van der Waals surface area contributed by atoms with Gasteiger partial charge in [0.1, 0.15) is 9.79 Å². The third kappa shape index (κ3) is 5.80. The van der Waals surface area contributed by atoms with E-state index in [2.05, 4.69) is 10.0 Å². The molecule has 1 aliphatic heterocycles. The van der Waals surface area contributed by atoms with Gasteiger partial charge in [-0.05, 0) is 73.5 Å². The minimum atomic E-state index is -4.10. The van der Waals surface area contributed by atoms with Crippen LogP contribution < -0.4 is 10.0 Å². The first-order valence-corrected chi connectivity index (χ1v) is 14.7. The molecule has 36 heavy (non-hydrogen) atoms. The highest BCUT2D eigenvalue weighted by Gasteiger charge is 2.30. The van der Waals surface area contributed by atoms with E-state index in [1.165, 1.54) is 65.0 Å². The number of amides is 1. The summed E-state index contributed by atoms with van der Waals surface area (Å²) < 4.78 is 55.5. The Morgan fingerprint density at radius 1 is 0.750 bits per heavy atom. The van der Waals surface area contributed by atoms with Crippen molar-refractivity contribution in [3.05, 3.63) is 81.3 Å². The maximum absolute atomic E-state index is 13.0. The highest BCUT2D eigenvalue weighted by atomic mass is 35.5. The van der Waals surface area contributed by atoms with Crippen LogP contribution in [0.5, 0.6) is 0 Å². The van der Waals surface area contributed by atoms with Crippen LogP contribution in [0.2, 0.25) is 15.1 Å². The summed E-state index contributed by atoms with van der Waals surface area (Å²) >= 11 is 18.1. The third-order valence-electron chi connectivity index (χ3n) is 5.45. The number of sulfonamides is 2. The minimum absolute atomic E-state index is 0.00611. The summed E-state index contributed by atoms with van der Waals surface area (Å²) in [6.45, 7) is 0.780. The van der Waals surface area contributed by atoms with Gasteiger partial charge in [-0.15, -0.1) is 0 Å². The Morgan fingerprint density at radius 2 is 1.33 bits per heavy atom. The van der Waals surface area contributed by atoms with Gasteiger partial charge in [-0.3, -0.25) is 9.52 Å². The fourth-order valence-electron chi connectivity index (χ4n) is 3.63. The molecule has 3 aromatic carbocycles. The SMILES string of the molecule is O=C(Nc1ccc(Cl)c(S(=O)(=O)Nc2ccc(Cl)cc2)c1)c1ccc(Cl)c(S(=O)(=O)N2CCCC2)c1. The second-order valence-corrected chi connectivity index (χ2v) is 12.8. The average molecular weight is 589 g/mol. The van der Waals surface area contributed by atoms with Crippen LogP contribution in [0.1, 0.15) is 23.2 Å². The van der Waals surface area contributed by atoms with Crippen LogP contribution in [0.3, 0.4) is 0 Å². The first kappa shape index (κ1) is 26.7. The Labute approximate surface area is 224 Å². The molecule has 1 heterocycles. The molecule has 0 radical (unpaired) electrons. The highest BCUT2D eigenvalue weighted by Crippen LogP contribution is 2.30. The van der Waals surface area contributed by atoms with Crippen molar-refractivity contribution in [3.63, 3.8) is 0 Å². The standard InChI is InChI=1S/C23H20Cl3N3O5S2/c24-16-4-6-17(7-5-16)28-35(31,32)21-14-18(8-10-19(21)25)27-23(30)15-3-9-20(26)22(13-15)36(33,34)29-11-1-2-12-29/h3-10,13-14,28H,1-2,11-12H2,(H,27,30). The molecular formula is C23H20Cl3N3O5S2. The van der Waals surface area contributed by atoms with Crippen molar-refractivity contribution >= 4 is 72.1 Å². The molecule has 2 N–H and O–H groups in total. The molecule has 0 bridgehead atoms. The summed E-state index contributed by atoms with van der Waals surface area (Å²) in [5, 5.41) is 2.97. The fourth-order valence-corrected chi connectivity index (χ4v) is 7.36. The monoisotopic (exact) mass is 587 g/mol. The topological polar surface area (TPSA) is 113 Å². The Bertz CT molecular complexity index is 1520. The number of carbonyl (C=O) groups excluding carboxylic acids is 1. The van der Waals surface area contributed by atoms with Gasteiger partial charge in [-0.2, -0.15) is 4.31 Å². The van der Waals surface area contributed by atoms with Gasteiger partial charge in [0.25, 0.3) is 15.9 Å². The molecule has 0 saturated carbocycles. The van der Waals surface area contributed by atoms with Crippen molar-refractivity contribution in [3.8, 4) is 0 Å². The predicted octanol–water partition coefficient (Wildman–Crippen LogP) is 5.48. The zero-order valence-corrected chi connectivity index (χ0v) is 22.4. The number of carbonyl (C=O) groups is 1. The molecule has 0 aliphatic carbocycles. The number of rotatable bonds is 7. The van der Waals surface area contributed by atoms with Crippen LogP contribution in [0, 0.1) is 0 Å². The first-order valence-electron chi connectivity index (χ1n) is 10.7. The lowest BCUT2D eigenvalue weighted by Crippen LogP contribution is -2.28. The van der Waals surface area contributed by atoms with E-state index in [1.54, 1.807) is 0 Å². The quantitative estimate of drug-likeness (QED) is 0.379. The minimum Gasteiger partial charge on any atom is -0.322 e. The second-order valence-electron chi connectivity index (χ2n) is 7.97. The average Bonchev–Trinajstić information content (AvgIpc) is 3.38. The number of benzene rings is 3.